The Morgan fingerprint density at radius 2 is 1.86 bits per heavy atom. The van der Waals surface area contributed by atoms with E-state index in [4.69, 9.17) is 4.74 Å². The third-order valence-corrected chi connectivity index (χ3v) is 6.61. The number of ether oxygens (including phenoxy) is 1. The molecule has 0 spiro atoms. The van der Waals surface area contributed by atoms with Crippen LogP contribution in [0, 0.1) is 12.8 Å². The van der Waals surface area contributed by atoms with Gasteiger partial charge in [-0.1, -0.05) is 17.4 Å². The number of anilines is 2. The van der Waals surface area contributed by atoms with Crippen molar-refractivity contribution in [3.63, 3.8) is 0 Å². The van der Waals surface area contributed by atoms with E-state index in [1.807, 2.05) is 0 Å². The zero-order valence-corrected chi connectivity index (χ0v) is 20.4. The molecule has 186 valence electrons. The summed E-state index contributed by atoms with van der Waals surface area (Å²) >= 11 is 1.06. The lowest BCUT2D eigenvalue weighted by molar-refractivity contribution is -0.137. The second kappa shape index (κ2) is 9.10. The smallest absolute Gasteiger partial charge is 0.416 e. The number of nitrogens with one attached hydrogen (secondary N) is 2. The maximum absolute atomic E-state index is 13.1. The van der Waals surface area contributed by atoms with Gasteiger partial charge in [0.05, 0.1) is 11.3 Å². The zero-order chi connectivity index (χ0) is 25.5. The summed E-state index contributed by atoms with van der Waals surface area (Å²) < 4.78 is 44.8. The van der Waals surface area contributed by atoms with Gasteiger partial charge in [0.25, 0.3) is 0 Å². The third kappa shape index (κ3) is 5.72. The number of amides is 1. The molecule has 0 radical (unpaired) electrons. The van der Waals surface area contributed by atoms with Crippen LogP contribution in [0.1, 0.15) is 54.5 Å². The van der Waals surface area contributed by atoms with Gasteiger partial charge in [0.1, 0.15) is 16.3 Å². The molecule has 1 saturated carbocycles. The van der Waals surface area contributed by atoms with Crippen molar-refractivity contribution in [2.24, 2.45) is 5.92 Å². The molecule has 1 aromatic carbocycles. The predicted molar refractivity (Wildman–Crippen MR) is 128 cm³/mol. The summed E-state index contributed by atoms with van der Waals surface area (Å²) in [7, 11) is 0. The highest BCUT2D eigenvalue weighted by Crippen LogP contribution is 2.36. The number of carbonyl (C=O) groups is 2. The number of aromatic nitrogens is 2. The van der Waals surface area contributed by atoms with Crippen LogP contribution >= 0.6 is 11.3 Å². The highest BCUT2D eigenvalue weighted by Gasteiger charge is 2.36. The fourth-order valence-electron chi connectivity index (χ4n) is 3.77. The summed E-state index contributed by atoms with van der Waals surface area (Å²) in [5.74, 6) is -0.646. The molecule has 4 rings (SSSR count). The van der Waals surface area contributed by atoms with Gasteiger partial charge >= 0.3 is 12.1 Å². The van der Waals surface area contributed by atoms with Gasteiger partial charge in [0.2, 0.25) is 5.91 Å². The molecule has 2 heterocycles. The number of nitrogens with zero attached hydrogens (tertiary/aromatic N) is 2. The minimum Gasteiger partial charge on any atom is -0.456 e. The Balaban J connectivity index is 1.37. The monoisotopic (exact) mass is 506 g/mol. The summed E-state index contributed by atoms with van der Waals surface area (Å²) in [5, 5.41) is 7.26. The second-order valence-electron chi connectivity index (χ2n) is 9.53. The first-order chi connectivity index (χ1) is 16.3. The van der Waals surface area contributed by atoms with Crippen LogP contribution in [0.4, 0.5) is 24.1 Å². The van der Waals surface area contributed by atoms with E-state index in [0.29, 0.717) is 45.1 Å². The van der Waals surface area contributed by atoms with Gasteiger partial charge in [-0.3, -0.25) is 4.79 Å². The van der Waals surface area contributed by atoms with E-state index in [-0.39, 0.29) is 17.9 Å². The van der Waals surface area contributed by atoms with Crippen LogP contribution in [0.3, 0.4) is 0 Å². The molecule has 0 saturated heterocycles. The van der Waals surface area contributed by atoms with E-state index in [1.54, 1.807) is 33.8 Å². The van der Waals surface area contributed by atoms with E-state index in [9.17, 15) is 22.8 Å². The number of hydrogen-bond acceptors (Lipinski definition) is 7. The molecular weight excluding hydrogens is 481 g/mol. The van der Waals surface area contributed by atoms with Crippen molar-refractivity contribution < 1.29 is 27.5 Å². The quantitative estimate of drug-likeness (QED) is 0.425. The largest absolute Gasteiger partial charge is 0.456 e. The summed E-state index contributed by atoms with van der Waals surface area (Å²) in [6.45, 7) is 6.99. The molecule has 0 bridgehead atoms. The van der Waals surface area contributed by atoms with Crippen molar-refractivity contribution in [3.8, 4) is 0 Å². The molecule has 1 aliphatic carbocycles. The average molecular weight is 507 g/mol. The van der Waals surface area contributed by atoms with Crippen LogP contribution in [0.5, 0.6) is 0 Å². The number of halogens is 3. The van der Waals surface area contributed by atoms with Crippen molar-refractivity contribution >= 4 is 44.9 Å². The molecule has 1 aliphatic rings. The summed E-state index contributed by atoms with van der Waals surface area (Å²) in [6, 6.07) is 5.10. The third-order valence-electron chi connectivity index (χ3n) is 5.55. The normalized spacial score (nSPS) is 18.1. The lowest BCUT2D eigenvalue weighted by Crippen LogP contribution is -2.42. The Morgan fingerprint density at radius 1 is 1.14 bits per heavy atom. The van der Waals surface area contributed by atoms with E-state index in [0.717, 1.165) is 23.5 Å². The number of rotatable bonds is 5. The van der Waals surface area contributed by atoms with Gasteiger partial charge in [-0.15, -0.1) is 0 Å². The molecule has 0 unspecified atom stereocenters. The van der Waals surface area contributed by atoms with E-state index in [2.05, 4.69) is 20.6 Å². The van der Waals surface area contributed by atoms with Gasteiger partial charge < -0.3 is 15.4 Å². The SMILES string of the molecule is Cc1nc(NC(=O)[C@H]2C[C@@H](Nc3nccc4ccc(C(F)(F)F)cc34)C2)sc1C(=O)OC(C)(C)C. The van der Waals surface area contributed by atoms with Crippen molar-refractivity contribution in [3.05, 3.63) is 46.6 Å². The highest BCUT2D eigenvalue weighted by molar-refractivity contribution is 7.17. The molecule has 1 fully saturated rings. The van der Waals surface area contributed by atoms with Crippen LogP contribution in [-0.2, 0) is 15.7 Å². The van der Waals surface area contributed by atoms with Crippen LogP contribution in [0.25, 0.3) is 10.8 Å². The Hall–Kier alpha value is -3.21. The highest BCUT2D eigenvalue weighted by atomic mass is 32.1. The van der Waals surface area contributed by atoms with Gasteiger partial charge in [-0.05, 0) is 64.1 Å². The standard InChI is InChI=1S/C24H25F3N4O3S/c1-12-18(21(33)34-23(2,3)4)35-22(29-12)31-20(32)14-9-16(10-14)30-19-17-11-15(24(25,26)27)6-5-13(17)7-8-28-19/h5-8,11,14,16H,9-10H2,1-4H3,(H,28,30)(H,29,31,32)/t14-,16+. The van der Waals surface area contributed by atoms with Crippen molar-refractivity contribution in [2.45, 2.75) is 58.4 Å². The maximum Gasteiger partial charge on any atom is 0.416 e. The van der Waals surface area contributed by atoms with Crippen LogP contribution in [0.2, 0.25) is 0 Å². The molecule has 35 heavy (non-hydrogen) atoms. The van der Waals surface area contributed by atoms with Crippen molar-refractivity contribution in [2.75, 3.05) is 10.6 Å². The van der Waals surface area contributed by atoms with Crippen molar-refractivity contribution in [1.29, 1.82) is 0 Å². The molecule has 1 amide bonds. The molecule has 2 aromatic heterocycles. The number of esters is 1. The Kier molecular flexibility index (Phi) is 6.48. The minimum atomic E-state index is -4.45. The molecule has 2 N–H and O–H groups in total. The van der Waals surface area contributed by atoms with E-state index >= 15 is 0 Å². The van der Waals surface area contributed by atoms with Gasteiger partial charge in [0, 0.05) is 23.5 Å². The van der Waals surface area contributed by atoms with E-state index in [1.165, 1.54) is 12.3 Å². The molecule has 7 nitrogen and oxygen atoms in total. The predicted octanol–water partition coefficient (Wildman–Crippen LogP) is 5.80. The van der Waals surface area contributed by atoms with Crippen molar-refractivity contribution in [1.82, 2.24) is 9.97 Å². The van der Waals surface area contributed by atoms with Gasteiger partial charge in [0.15, 0.2) is 5.13 Å². The average Bonchev–Trinajstić information content (AvgIpc) is 3.08. The number of hydrogen-bond donors (Lipinski definition) is 2. The number of carbonyl (C=O) groups excluding carboxylic acids is 2. The van der Waals surface area contributed by atoms with E-state index < -0.39 is 23.3 Å². The first-order valence-electron chi connectivity index (χ1n) is 11.0. The molecule has 0 atom stereocenters. The van der Waals surface area contributed by atoms with Crippen LogP contribution in [-0.4, -0.2) is 33.5 Å². The van der Waals surface area contributed by atoms with Crippen LogP contribution < -0.4 is 10.6 Å². The fourth-order valence-corrected chi connectivity index (χ4v) is 4.62. The lowest BCUT2D eigenvalue weighted by atomic mass is 9.79. The second-order valence-corrected chi connectivity index (χ2v) is 10.5. The number of pyridine rings is 1. The fraction of sp³-hybridized carbons (Fsp3) is 0.417. The Bertz CT molecular complexity index is 1280. The summed E-state index contributed by atoms with van der Waals surface area (Å²) in [5.41, 5.74) is -0.901. The van der Waals surface area contributed by atoms with Gasteiger partial charge in [-0.25, -0.2) is 14.8 Å². The number of aryl methyl sites for hydroxylation is 1. The topological polar surface area (TPSA) is 93.2 Å². The first-order valence-corrected chi connectivity index (χ1v) is 11.9. The number of fused-ring (bicyclic) bond motifs is 1. The summed E-state index contributed by atoms with van der Waals surface area (Å²) in [6.07, 6.45) is -1.93. The minimum absolute atomic E-state index is 0.103. The zero-order valence-electron chi connectivity index (χ0n) is 19.6. The number of benzene rings is 1. The molecule has 11 heteroatoms. The number of thiazole rings is 1. The van der Waals surface area contributed by atoms with Gasteiger partial charge in [-0.2, -0.15) is 13.2 Å². The Morgan fingerprint density at radius 3 is 2.51 bits per heavy atom. The molecule has 3 aromatic rings. The Labute approximate surface area is 204 Å². The number of alkyl halides is 3. The molecule has 0 aliphatic heterocycles. The molecular formula is C24H25F3N4O3S. The lowest BCUT2D eigenvalue weighted by Gasteiger charge is -2.35. The maximum atomic E-state index is 13.1. The van der Waals surface area contributed by atoms with Crippen LogP contribution in [0.15, 0.2) is 30.5 Å². The summed E-state index contributed by atoms with van der Waals surface area (Å²) in [4.78, 5) is 33.8. The first kappa shape index (κ1) is 24.9.